The lowest BCUT2D eigenvalue weighted by Crippen LogP contribution is -1.99. The highest BCUT2D eigenvalue weighted by Crippen LogP contribution is 2.19. The molecule has 0 aliphatic carbocycles. The van der Waals surface area contributed by atoms with E-state index in [9.17, 15) is 0 Å². The van der Waals surface area contributed by atoms with Crippen LogP contribution in [0.15, 0.2) is 58.1 Å². The second kappa shape index (κ2) is 7.89. The van der Waals surface area contributed by atoms with Crippen LogP contribution in [0.4, 0.5) is 5.95 Å². The van der Waals surface area contributed by atoms with Crippen LogP contribution in [-0.4, -0.2) is 21.4 Å². The van der Waals surface area contributed by atoms with Crippen molar-refractivity contribution in [2.24, 2.45) is 5.10 Å². The van der Waals surface area contributed by atoms with E-state index in [2.05, 4.69) is 41.6 Å². The maximum atomic E-state index is 5.90. The molecule has 3 rings (SSSR count). The SMILES string of the molecule is S=c1nc(N/N=C\c2ccccc2OCc2cccc(Br)c2)[nH][nH]1. The van der Waals surface area contributed by atoms with Gasteiger partial charge in [-0.05, 0) is 42.0 Å². The second-order valence-electron chi connectivity index (χ2n) is 4.84. The van der Waals surface area contributed by atoms with Crippen LogP contribution in [0.1, 0.15) is 11.1 Å². The van der Waals surface area contributed by atoms with Gasteiger partial charge in [-0.3, -0.25) is 10.2 Å². The lowest BCUT2D eigenvalue weighted by molar-refractivity contribution is 0.305. The first-order valence-electron chi connectivity index (χ1n) is 7.11. The molecule has 0 aliphatic rings. The summed E-state index contributed by atoms with van der Waals surface area (Å²) in [5.41, 5.74) is 4.70. The first-order chi connectivity index (χ1) is 11.7. The van der Waals surface area contributed by atoms with Crippen LogP contribution in [-0.2, 0) is 6.61 Å². The highest BCUT2D eigenvalue weighted by molar-refractivity contribution is 9.10. The smallest absolute Gasteiger partial charge is 0.238 e. The monoisotopic (exact) mass is 403 g/mol. The Bertz CT molecular complexity index is 905. The van der Waals surface area contributed by atoms with Gasteiger partial charge in [-0.15, -0.1) is 0 Å². The lowest BCUT2D eigenvalue weighted by atomic mass is 10.2. The van der Waals surface area contributed by atoms with Crippen LogP contribution in [0.5, 0.6) is 5.75 Å². The Kier molecular flexibility index (Phi) is 5.39. The van der Waals surface area contributed by atoms with Crippen LogP contribution in [0, 0.1) is 4.77 Å². The molecule has 0 amide bonds. The molecule has 0 atom stereocenters. The molecule has 0 saturated heterocycles. The molecule has 0 bridgehead atoms. The molecule has 3 N–H and O–H groups in total. The van der Waals surface area contributed by atoms with E-state index < -0.39 is 0 Å². The molecule has 1 aromatic heterocycles. The fourth-order valence-electron chi connectivity index (χ4n) is 1.99. The quantitative estimate of drug-likeness (QED) is 0.326. The number of aromatic nitrogens is 3. The van der Waals surface area contributed by atoms with Crippen LogP contribution in [0.3, 0.4) is 0 Å². The summed E-state index contributed by atoms with van der Waals surface area (Å²) in [7, 11) is 0. The Hall–Kier alpha value is -2.45. The van der Waals surface area contributed by atoms with Gasteiger partial charge >= 0.3 is 0 Å². The standard InChI is InChI=1S/C16H14BrN5OS/c17-13-6-3-4-11(8-13)10-23-14-7-2-1-5-12(14)9-18-20-15-19-16(24)22-21-15/h1-9H,10H2,(H3,19,20,21,22,24)/b18-9-. The minimum absolute atomic E-state index is 0.366. The topological polar surface area (TPSA) is 78.1 Å². The first kappa shape index (κ1) is 16.4. The number of rotatable bonds is 6. The van der Waals surface area contributed by atoms with Crippen molar-refractivity contribution in [2.75, 3.05) is 5.43 Å². The summed E-state index contributed by atoms with van der Waals surface area (Å²) in [5, 5.41) is 9.58. The van der Waals surface area contributed by atoms with Gasteiger partial charge in [-0.25, -0.2) is 5.43 Å². The van der Waals surface area contributed by atoms with Gasteiger partial charge in [-0.1, -0.05) is 40.2 Å². The highest BCUT2D eigenvalue weighted by atomic mass is 79.9. The number of hydrazone groups is 1. The predicted molar refractivity (Wildman–Crippen MR) is 99.9 cm³/mol. The van der Waals surface area contributed by atoms with E-state index >= 15 is 0 Å². The van der Waals surface area contributed by atoms with Gasteiger partial charge < -0.3 is 4.74 Å². The maximum Gasteiger partial charge on any atom is 0.238 e. The molecule has 0 spiro atoms. The molecule has 0 unspecified atom stereocenters. The molecule has 0 radical (unpaired) electrons. The van der Waals surface area contributed by atoms with Crippen LogP contribution < -0.4 is 10.2 Å². The molecular formula is C16H14BrN5OS. The predicted octanol–water partition coefficient (Wildman–Crippen LogP) is 4.25. The molecule has 2 aromatic carbocycles. The molecule has 3 aromatic rings. The zero-order valence-electron chi connectivity index (χ0n) is 12.5. The molecule has 24 heavy (non-hydrogen) atoms. The third-order valence-corrected chi connectivity index (χ3v) is 3.76. The Morgan fingerprint density at radius 1 is 1.21 bits per heavy atom. The number of nitrogens with one attached hydrogen (secondary N) is 3. The molecule has 0 saturated carbocycles. The minimum atomic E-state index is 0.366. The average Bonchev–Trinajstić information content (AvgIpc) is 2.99. The van der Waals surface area contributed by atoms with Crippen molar-refractivity contribution in [1.82, 2.24) is 15.2 Å². The Labute approximate surface area is 152 Å². The molecule has 0 fully saturated rings. The molecule has 1 heterocycles. The average molecular weight is 404 g/mol. The number of para-hydroxylation sites is 1. The van der Waals surface area contributed by atoms with Crippen molar-refractivity contribution in [2.45, 2.75) is 6.61 Å². The number of aromatic amines is 2. The molecule has 0 aliphatic heterocycles. The van der Waals surface area contributed by atoms with E-state index in [1.165, 1.54) is 0 Å². The van der Waals surface area contributed by atoms with E-state index in [1.807, 2.05) is 48.5 Å². The second-order valence-corrected chi connectivity index (χ2v) is 6.14. The number of H-pyrrole nitrogens is 2. The fourth-order valence-corrected chi connectivity index (χ4v) is 2.58. The van der Waals surface area contributed by atoms with Gasteiger partial charge in [0.15, 0.2) is 0 Å². The number of hydrogen-bond acceptors (Lipinski definition) is 5. The zero-order chi connectivity index (χ0) is 16.8. The van der Waals surface area contributed by atoms with Crippen molar-refractivity contribution < 1.29 is 4.74 Å². The highest BCUT2D eigenvalue weighted by Gasteiger charge is 2.02. The summed E-state index contributed by atoms with van der Waals surface area (Å²) in [5.74, 6) is 1.20. The number of halogens is 1. The summed E-state index contributed by atoms with van der Waals surface area (Å²) in [6.07, 6.45) is 1.67. The Morgan fingerprint density at radius 2 is 2.08 bits per heavy atom. The summed E-state index contributed by atoms with van der Waals surface area (Å²) in [6.45, 7) is 0.476. The third kappa shape index (κ3) is 4.53. The molecular weight excluding hydrogens is 390 g/mol. The van der Waals surface area contributed by atoms with Crippen molar-refractivity contribution >= 4 is 40.3 Å². The van der Waals surface area contributed by atoms with E-state index in [0.29, 0.717) is 17.3 Å². The van der Waals surface area contributed by atoms with E-state index in [-0.39, 0.29) is 0 Å². The minimum Gasteiger partial charge on any atom is -0.488 e. The van der Waals surface area contributed by atoms with Crippen LogP contribution >= 0.6 is 28.1 Å². The zero-order valence-corrected chi connectivity index (χ0v) is 14.9. The number of anilines is 1. The first-order valence-corrected chi connectivity index (χ1v) is 8.31. The van der Waals surface area contributed by atoms with Gasteiger partial charge in [0.25, 0.3) is 0 Å². The number of benzene rings is 2. The summed E-state index contributed by atoms with van der Waals surface area (Å²) in [4.78, 5) is 3.99. The third-order valence-electron chi connectivity index (χ3n) is 3.08. The Morgan fingerprint density at radius 3 is 2.88 bits per heavy atom. The van der Waals surface area contributed by atoms with Crippen molar-refractivity contribution in [3.63, 3.8) is 0 Å². The number of ether oxygens (including phenoxy) is 1. The van der Waals surface area contributed by atoms with Gasteiger partial charge in [0, 0.05) is 10.0 Å². The van der Waals surface area contributed by atoms with E-state index in [0.717, 1.165) is 21.3 Å². The molecule has 6 nitrogen and oxygen atoms in total. The summed E-state index contributed by atoms with van der Waals surface area (Å²) < 4.78 is 7.29. The number of nitrogens with zero attached hydrogens (tertiary/aromatic N) is 2. The van der Waals surface area contributed by atoms with Crippen molar-refractivity contribution in [3.05, 3.63) is 68.9 Å². The van der Waals surface area contributed by atoms with Gasteiger partial charge in [-0.2, -0.15) is 10.1 Å². The van der Waals surface area contributed by atoms with Crippen LogP contribution in [0.25, 0.3) is 0 Å². The fraction of sp³-hybridized carbons (Fsp3) is 0.0625. The summed E-state index contributed by atoms with van der Waals surface area (Å²) in [6, 6.07) is 15.7. The largest absolute Gasteiger partial charge is 0.488 e. The van der Waals surface area contributed by atoms with E-state index in [1.54, 1.807) is 6.21 Å². The van der Waals surface area contributed by atoms with Crippen molar-refractivity contribution in [3.8, 4) is 5.75 Å². The van der Waals surface area contributed by atoms with Crippen LogP contribution in [0.2, 0.25) is 0 Å². The van der Waals surface area contributed by atoms with Crippen molar-refractivity contribution in [1.29, 1.82) is 0 Å². The van der Waals surface area contributed by atoms with Gasteiger partial charge in [0.1, 0.15) is 12.4 Å². The lowest BCUT2D eigenvalue weighted by Gasteiger charge is -2.09. The van der Waals surface area contributed by atoms with Gasteiger partial charge in [0.05, 0.1) is 6.21 Å². The normalized spacial score (nSPS) is 10.9. The Balaban J connectivity index is 1.67. The van der Waals surface area contributed by atoms with Gasteiger partial charge in [0.2, 0.25) is 10.7 Å². The number of hydrogen-bond donors (Lipinski definition) is 3. The maximum absolute atomic E-state index is 5.90. The summed E-state index contributed by atoms with van der Waals surface area (Å²) >= 11 is 8.33. The molecule has 122 valence electrons. The molecule has 8 heteroatoms. The van der Waals surface area contributed by atoms with E-state index in [4.69, 9.17) is 17.0 Å².